The van der Waals surface area contributed by atoms with E-state index < -0.39 is 0 Å². The number of fused-ring (bicyclic) bond motifs is 1. The molecule has 0 bridgehead atoms. The summed E-state index contributed by atoms with van der Waals surface area (Å²) >= 11 is 0. The molecular weight excluding hydrogens is 558 g/mol. The third-order valence-electron chi connectivity index (χ3n) is 8.78. The predicted molar refractivity (Wildman–Crippen MR) is 168 cm³/mol. The van der Waals surface area contributed by atoms with Crippen LogP contribution in [0.2, 0.25) is 0 Å². The Balaban J connectivity index is 1.12. The monoisotopic (exact) mass is 595 g/mol. The number of carbonyl (C=O) groups excluding carboxylic acids is 1. The van der Waals surface area contributed by atoms with Crippen molar-refractivity contribution in [3.05, 3.63) is 83.3 Å². The molecule has 10 heteroatoms. The van der Waals surface area contributed by atoms with Crippen LogP contribution in [-0.2, 0) is 11.3 Å². The lowest BCUT2D eigenvalue weighted by Gasteiger charge is -2.38. The van der Waals surface area contributed by atoms with Crippen LogP contribution in [0.25, 0.3) is 10.9 Å². The summed E-state index contributed by atoms with van der Waals surface area (Å²) in [5.41, 5.74) is 3.10. The lowest BCUT2D eigenvalue weighted by Crippen LogP contribution is -2.48. The number of likely N-dealkylation sites (tertiary alicyclic amines) is 1. The molecule has 2 aliphatic rings. The van der Waals surface area contributed by atoms with E-state index in [0.29, 0.717) is 44.5 Å². The molecule has 10 nitrogen and oxygen atoms in total. The number of hydrogen-bond donors (Lipinski definition) is 1. The molecule has 44 heavy (non-hydrogen) atoms. The average molecular weight is 596 g/mol. The Labute approximate surface area is 256 Å². The van der Waals surface area contributed by atoms with Crippen molar-refractivity contribution < 1.29 is 23.7 Å². The van der Waals surface area contributed by atoms with Gasteiger partial charge < -0.3 is 24.7 Å². The van der Waals surface area contributed by atoms with Crippen LogP contribution in [0.4, 0.5) is 5.69 Å². The van der Waals surface area contributed by atoms with Gasteiger partial charge in [-0.1, -0.05) is 30.3 Å². The Kier molecular flexibility index (Phi) is 8.60. The van der Waals surface area contributed by atoms with Crippen LogP contribution < -0.4 is 19.5 Å². The smallest absolute Gasteiger partial charge is 0.230 e. The molecule has 1 saturated carbocycles. The zero-order valence-electron chi connectivity index (χ0n) is 25.1. The quantitative estimate of drug-likeness (QED) is 0.110. The van der Waals surface area contributed by atoms with Crippen LogP contribution in [0.3, 0.4) is 0 Å². The summed E-state index contributed by atoms with van der Waals surface area (Å²) in [5, 5.41) is 16.6. The van der Waals surface area contributed by atoms with Gasteiger partial charge in [0.1, 0.15) is 18.8 Å². The number of amides is 1. The minimum Gasteiger partial charge on any atom is -0.619 e. The molecule has 0 spiro atoms. The summed E-state index contributed by atoms with van der Waals surface area (Å²) in [6, 6.07) is 19.5. The minimum absolute atomic E-state index is 0.0624. The van der Waals surface area contributed by atoms with Gasteiger partial charge in [0.25, 0.3) is 0 Å². The highest BCUT2D eigenvalue weighted by Gasteiger charge is 2.41. The maximum atomic E-state index is 13.4. The summed E-state index contributed by atoms with van der Waals surface area (Å²) in [6.07, 6.45) is 4.88. The SMILES string of the molecule is C=[N+]([O-])c1cc(Oc2ncnc3cc(OC)c(OC)cc23)ccc1C1CCC1C(=O)NC1CCN(Cc2ccccc2)CC1. The van der Waals surface area contributed by atoms with Crippen molar-refractivity contribution >= 4 is 29.2 Å². The molecule has 228 valence electrons. The van der Waals surface area contributed by atoms with Crippen LogP contribution in [-0.4, -0.2) is 65.6 Å². The summed E-state index contributed by atoms with van der Waals surface area (Å²) in [7, 11) is 3.12. The molecule has 1 amide bonds. The fraction of sp³-hybridized carbons (Fsp3) is 0.353. The Morgan fingerprint density at radius 2 is 1.75 bits per heavy atom. The maximum absolute atomic E-state index is 13.4. The summed E-state index contributed by atoms with van der Waals surface area (Å²) in [6.45, 7) is 6.45. The topological polar surface area (TPSA) is 112 Å². The number of carbonyl (C=O) groups is 1. The normalized spacial score (nSPS) is 18.8. The number of aromatic nitrogens is 2. The van der Waals surface area contributed by atoms with Gasteiger partial charge in [-0.25, -0.2) is 9.97 Å². The Morgan fingerprint density at radius 3 is 2.43 bits per heavy atom. The van der Waals surface area contributed by atoms with Crippen molar-refractivity contribution in [3.63, 3.8) is 0 Å². The standard InChI is InChI=1S/C34H37N5O5/c1-38(41)30-17-24(44-34-28-18-31(42-2)32(43-3)19-29(28)35-21-36-34)9-10-26(30)25-11-12-27(25)33(40)37-23-13-15-39(16-14-23)20-22-7-5-4-6-8-22/h4-10,17-19,21,23,25,27H,1,11-16,20H2,2-3H3,(H,37,40). The van der Waals surface area contributed by atoms with E-state index >= 15 is 0 Å². The third kappa shape index (κ3) is 6.16. The van der Waals surface area contributed by atoms with Gasteiger partial charge in [0.05, 0.1) is 31.2 Å². The minimum atomic E-state index is -0.184. The number of benzene rings is 3. The van der Waals surface area contributed by atoms with Gasteiger partial charge >= 0.3 is 0 Å². The van der Waals surface area contributed by atoms with E-state index in [0.717, 1.165) is 50.9 Å². The fourth-order valence-corrected chi connectivity index (χ4v) is 6.24. The van der Waals surface area contributed by atoms with Gasteiger partial charge in [0.2, 0.25) is 17.5 Å². The predicted octanol–water partition coefficient (Wildman–Crippen LogP) is 5.56. The number of rotatable bonds is 10. The van der Waals surface area contributed by atoms with Gasteiger partial charge in [-0.3, -0.25) is 9.69 Å². The van der Waals surface area contributed by atoms with E-state index in [4.69, 9.17) is 14.2 Å². The Morgan fingerprint density at radius 1 is 1.00 bits per heavy atom. The van der Waals surface area contributed by atoms with Gasteiger partial charge in [0.15, 0.2) is 11.5 Å². The lowest BCUT2D eigenvalue weighted by atomic mass is 9.69. The second-order valence-corrected chi connectivity index (χ2v) is 11.4. The molecule has 1 aliphatic carbocycles. The van der Waals surface area contributed by atoms with Gasteiger partial charge in [-0.05, 0) is 49.4 Å². The largest absolute Gasteiger partial charge is 0.619 e. The number of ether oxygens (including phenoxy) is 3. The first kappa shape index (κ1) is 29.4. The second kappa shape index (κ2) is 12.9. The van der Waals surface area contributed by atoms with Crippen LogP contribution in [0.1, 0.15) is 42.7 Å². The zero-order valence-corrected chi connectivity index (χ0v) is 25.1. The number of nitrogens with zero attached hydrogens (tertiary/aromatic N) is 4. The molecular formula is C34H37N5O5. The van der Waals surface area contributed by atoms with Crippen molar-refractivity contribution in [1.82, 2.24) is 20.2 Å². The van der Waals surface area contributed by atoms with E-state index in [2.05, 4.69) is 51.2 Å². The molecule has 6 rings (SSSR count). The van der Waals surface area contributed by atoms with Crippen LogP contribution >= 0.6 is 0 Å². The molecule has 1 aromatic heterocycles. The molecule has 4 aromatic rings. The summed E-state index contributed by atoms with van der Waals surface area (Å²) < 4.78 is 17.5. The second-order valence-electron chi connectivity index (χ2n) is 11.4. The van der Waals surface area contributed by atoms with Crippen molar-refractivity contribution in [3.8, 4) is 23.1 Å². The lowest BCUT2D eigenvalue weighted by molar-refractivity contribution is -0.351. The molecule has 1 aliphatic heterocycles. The molecule has 0 radical (unpaired) electrons. The first-order chi connectivity index (χ1) is 21.4. The molecule has 2 fully saturated rings. The van der Waals surface area contributed by atoms with E-state index in [1.54, 1.807) is 38.5 Å². The first-order valence-corrected chi connectivity index (χ1v) is 15.0. The molecule has 3 aromatic carbocycles. The van der Waals surface area contributed by atoms with Crippen molar-refractivity contribution in [2.75, 3.05) is 27.3 Å². The highest BCUT2D eigenvalue weighted by atomic mass is 16.5. The highest BCUT2D eigenvalue weighted by Crippen LogP contribution is 2.47. The number of hydrogen-bond acceptors (Lipinski definition) is 8. The zero-order chi connectivity index (χ0) is 30.6. The van der Waals surface area contributed by atoms with Crippen molar-refractivity contribution in [2.45, 2.75) is 44.2 Å². The number of piperidine rings is 1. The number of nitrogens with one attached hydrogen (secondary N) is 1. The van der Waals surface area contributed by atoms with Gasteiger partial charge in [-0.15, -0.1) is 0 Å². The number of methoxy groups -OCH3 is 2. The molecule has 2 heterocycles. The third-order valence-corrected chi connectivity index (χ3v) is 8.78. The van der Waals surface area contributed by atoms with Crippen LogP contribution in [0.15, 0.2) is 67.0 Å². The van der Waals surface area contributed by atoms with E-state index in [9.17, 15) is 10.0 Å². The van der Waals surface area contributed by atoms with Crippen molar-refractivity contribution in [2.24, 2.45) is 5.92 Å². The molecule has 2 unspecified atom stereocenters. The van der Waals surface area contributed by atoms with E-state index in [1.165, 1.54) is 11.9 Å². The summed E-state index contributed by atoms with van der Waals surface area (Å²) in [5.74, 6) is 1.61. The maximum Gasteiger partial charge on any atom is 0.230 e. The Bertz CT molecular complexity index is 1660. The van der Waals surface area contributed by atoms with E-state index in [-0.39, 0.29) is 23.8 Å². The van der Waals surface area contributed by atoms with Gasteiger partial charge in [-0.2, -0.15) is 4.74 Å². The first-order valence-electron chi connectivity index (χ1n) is 15.0. The van der Waals surface area contributed by atoms with Gasteiger partial charge in [0, 0.05) is 49.1 Å². The molecule has 1 saturated heterocycles. The highest BCUT2D eigenvalue weighted by molar-refractivity contribution is 5.87. The van der Waals surface area contributed by atoms with Crippen LogP contribution in [0, 0.1) is 11.1 Å². The van der Waals surface area contributed by atoms with E-state index in [1.807, 2.05) is 12.1 Å². The summed E-state index contributed by atoms with van der Waals surface area (Å²) in [4.78, 5) is 24.4. The Hall–Kier alpha value is -4.70. The van der Waals surface area contributed by atoms with Crippen molar-refractivity contribution in [1.29, 1.82) is 0 Å². The molecule has 1 N–H and O–H groups in total. The van der Waals surface area contributed by atoms with Crippen LogP contribution in [0.5, 0.6) is 23.1 Å². The molecule has 2 atom stereocenters. The average Bonchev–Trinajstić information content (AvgIpc) is 3.02. The fourth-order valence-electron chi connectivity index (χ4n) is 6.24.